The molecule has 3 nitrogen and oxygen atoms in total. The van der Waals surface area contributed by atoms with Gasteiger partial charge in [-0.25, -0.2) is 0 Å². The van der Waals surface area contributed by atoms with Crippen LogP contribution in [-0.2, 0) is 0 Å². The molecule has 3 heteroatoms. The molecule has 0 aliphatic carbocycles. The van der Waals surface area contributed by atoms with Gasteiger partial charge in [-0.3, -0.25) is 9.79 Å². The molecule has 1 aromatic rings. The third-order valence-corrected chi connectivity index (χ3v) is 1.63. The van der Waals surface area contributed by atoms with Gasteiger partial charge in [-0.2, -0.15) is 0 Å². The van der Waals surface area contributed by atoms with Gasteiger partial charge in [-0.15, -0.1) is 0 Å². The molecular formula is C10H12N2O. The molecule has 0 atom stereocenters. The second-order valence-corrected chi connectivity index (χ2v) is 2.66. The molecule has 0 saturated heterocycles. The summed E-state index contributed by atoms with van der Waals surface area (Å²) >= 11 is 0. The Hall–Kier alpha value is -1.64. The summed E-state index contributed by atoms with van der Waals surface area (Å²) in [5.41, 5.74) is 0.671. The molecule has 0 aromatic heterocycles. The van der Waals surface area contributed by atoms with Crippen LogP contribution in [0.15, 0.2) is 35.3 Å². The number of benzene rings is 1. The van der Waals surface area contributed by atoms with Crippen LogP contribution in [0.5, 0.6) is 0 Å². The van der Waals surface area contributed by atoms with E-state index in [0.717, 1.165) is 0 Å². The largest absolute Gasteiger partial charge is 0.302 e. The van der Waals surface area contributed by atoms with Crippen LogP contribution in [0.3, 0.4) is 0 Å². The van der Waals surface area contributed by atoms with Crippen molar-refractivity contribution in [1.29, 1.82) is 0 Å². The molecule has 0 fully saturated rings. The minimum atomic E-state index is -0.0498. The summed E-state index contributed by atoms with van der Waals surface area (Å²) in [4.78, 5) is 16.8. The van der Waals surface area contributed by atoms with Crippen molar-refractivity contribution in [3.8, 4) is 0 Å². The summed E-state index contributed by atoms with van der Waals surface area (Å²) in [6.45, 7) is 0. The molecule has 0 bridgehead atoms. The van der Waals surface area contributed by atoms with E-state index in [9.17, 15) is 4.79 Å². The lowest BCUT2D eigenvalue weighted by molar-refractivity contribution is 0.0875. The average Bonchev–Trinajstić information content (AvgIpc) is 2.18. The number of rotatable bonds is 2. The number of hydrogen-bond acceptors (Lipinski definition) is 2. The van der Waals surface area contributed by atoms with E-state index in [0.29, 0.717) is 5.56 Å². The molecule has 0 heterocycles. The molecular weight excluding hydrogens is 164 g/mol. The van der Waals surface area contributed by atoms with Gasteiger partial charge < -0.3 is 4.90 Å². The SMILES string of the molecule is CN=CN(C)C(=O)c1ccccc1. The average molecular weight is 176 g/mol. The van der Waals surface area contributed by atoms with Crippen LogP contribution in [0, 0.1) is 0 Å². The van der Waals surface area contributed by atoms with E-state index in [-0.39, 0.29) is 5.91 Å². The highest BCUT2D eigenvalue weighted by Crippen LogP contribution is 2.01. The van der Waals surface area contributed by atoms with E-state index in [1.807, 2.05) is 18.2 Å². The molecule has 1 amide bonds. The number of carbonyl (C=O) groups is 1. The van der Waals surface area contributed by atoms with E-state index in [1.165, 1.54) is 11.2 Å². The van der Waals surface area contributed by atoms with Crippen molar-refractivity contribution in [2.24, 2.45) is 4.99 Å². The van der Waals surface area contributed by atoms with Gasteiger partial charge in [-0.05, 0) is 12.1 Å². The second-order valence-electron chi connectivity index (χ2n) is 2.66. The summed E-state index contributed by atoms with van der Waals surface area (Å²) < 4.78 is 0. The van der Waals surface area contributed by atoms with Crippen LogP contribution in [0.2, 0.25) is 0 Å². The lowest BCUT2D eigenvalue weighted by atomic mass is 10.2. The van der Waals surface area contributed by atoms with Crippen molar-refractivity contribution < 1.29 is 4.79 Å². The summed E-state index contributed by atoms with van der Waals surface area (Å²) in [6, 6.07) is 9.11. The van der Waals surface area contributed by atoms with Gasteiger partial charge in [0.25, 0.3) is 5.91 Å². The molecule has 0 spiro atoms. The third-order valence-electron chi connectivity index (χ3n) is 1.63. The minimum absolute atomic E-state index is 0.0498. The van der Waals surface area contributed by atoms with Gasteiger partial charge in [0, 0.05) is 19.7 Å². The first-order chi connectivity index (χ1) is 6.25. The monoisotopic (exact) mass is 176 g/mol. The summed E-state index contributed by atoms with van der Waals surface area (Å²) in [5.74, 6) is -0.0498. The zero-order valence-electron chi connectivity index (χ0n) is 7.77. The topological polar surface area (TPSA) is 32.7 Å². The fourth-order valence-electron chi connectivity index (χ4n) is 1.01. The number of carbonyl (C=O) groups excluding carboxylic acids is 1. The van der Waals surface area contributed by atoms with Crippen LogP contribution in [0.4, 0.5) is 0 Å². The lowest BCUT2D eigenvalue weighted by Gasteiger charge is -2.09. The van der Waals surface area contributed by atoms with Gasteiger partial charge in [0.1, 0.15) is 0 Å². The van der Waals surface area contributed by atoms with E-state index >= 15 is 0 Å². The van der Waals surface area contributed by atoms with Crippen LogP contribution in [-0.4, -0.2) is 31.2 Å². The molecule has 1 aromatic carbocycles. The van der Waals surface area contributed by atoms with Crippen molar-refractivity contribution >= 4 is 12.2 Å². The molecule has 13 heavy (non-hydrogen) atoms. The Morgan fingerprint density at radius 1 is 1.38 bits per heavy atom. The third kappa shape index (κ3) is 2.40. The predicted octanol–water partition coefficient (Wildman–Crippen LogP) is 1.42. The molecule has 0 aliphatic heterocycles. The summed E-state index contributed by atoms with van der Waals surface area (Å²) in [5, 5.41) is 0. The maximum Gasteiger partial charge on any atom is 0.258 e. The number of aliphatic imine (C=N–C) groups is 1. The van der Waals surface area contributed by atoms with E-state index in [1.54, 1.807) is 26.2 Å². The molecule has 0 unspecified atom stereocenters. The fourth-order valence-corrected chi connectivity index (χ4v) is 1.01. The Balaban J connectivity index is 2.80. The molecule has 68 valence electrons. The molecule has 0 radical (unpaired) electrons. The van der Waals surface area contributed by atoms with Crippen molar-refractivity contribution in [2.75, 3.05) is 14.1 Å². The van der Waals surface area contributed by atoms with Gasteiger partial charge in [0.05, 0.1) is 6.34 Å². The van der Waals surface area contributed by atoms with Crippen molar-refractivity contribution in [3.05, 3.63) is 35.9 Å². The standard InChI is InChI=1S/C10H12N2O/c1-11-8-12(2)10(13)9-6-4-3-5-7-9/h3-8H,1-2H3. The Bertz CT molecular complexity index is 306. The number of amides is 1. The molecule has 0 aliphatic rings. The zero-order chi connectivity index (χ0) is 9.68. The minimum Gasteiger partial charge on any atom is -0.302 e. The van der Waals surface area contributed by atoms with Crippen LogP contribution in [0.25, 0.3) is 0 Å². The highest BCUT2D eigenvalue weighted by atomic mass is 16.2. The Morgan fingerprint density at radius 3 is 2.54 bits per heavy atom. The van der Waals surface area contributed by atoms with Crippen LogP contribution in [0.1, 0.15) is 10.4 Å². The predicted molar refractivity (Wildman–Crippen MR) is 53.0 cm³/mol. The van der Waals surface area contributed by atoms with Crippen molar-refractivity contribution in [1.82, 2.24) is 4.90 Å². The van der Waals surface area contributed by atoms with E-state index in [2.05, 4.69) is 4.99 Å². The highest BCUT2D eigenvalue weighted by Gasteiger charge is 2.07. The Labute approximate surface area is 77.7 Å². The lowest BCUT2D eigenvalue weighted by Crippen LogP contribution is -2.24. The van der Waals surface area contributed by atoms with Crippen molar-refractivity contribution in [2.45, 2.75) is 0 Å². The quantitative estimate of drug-likeness (QED) is 0.495. The smallest absolute Gasteiger partial charge is 0.258 e. The summed E-state index contributed by atoms with van der Waals surface area (Å²) in [6.07, 6.45) is 1.50. The van der Waals surface area contributed by atoms with Gasteiger partial charge >= 0.3 is 0 Å². The molecule has 0 saturated carbocycles. The summed E-state index contributed by atoms with van der Waals surface area (Å²) in [7, 11) is 3.32. The van der Waals surface area contributed by atoms with Gasteiger partial charge in [0.15, 0.2) is 0 Å². The van der Waals surface area contributed by atoms with E-state index < -0.39 is 0 Å². The highest BCUT2D eigenvalue weighted by molar-refractivity contribution is 6.00. The van der Waals surface area contributed by atoms with Gasteiger partial charge in [0.2, 0.25) is 0 Å². The molecule has 1 rings (SSSR count). The Kier molecular flexibility index (Phi) is 3.20. The van der Waals surface area contributed by atoms with Crippen molar-refractivity contribution in [3.63, 3.8) is 0 Å². The second kappa shape index (κ2) is 4.40. The first-order valence-corrected chi connectivity index (χ1v) is 4.00. The number of nitrogens with zero attached hydrogens (tertiary/aromatic N) is 2. The van der Waals surface area contributed by atoms with Crippen LogP contribution < -0.4 is 0 Å². The Morgan fingerprint density at radius 2 is 2.00 bits per heavy atom. The number of hydrogen-bond donors (Lipinski definition) is 0. The van der Waals surface area contributed by atoms with Gasteiger partial charge in [-0.1, -0.05) is 18.2 Å². The first kappa shape index (κ1) is 9.45. The zero-order valence-corrected chi connectivity index (χ0v) is 7.77. The van der Waals surface area contributed by atoms with Crippen LogP contribution >= 0.6 is 0 Å². The molecule has 0 N–H and O–H groups in total. The first-order valence-electron chi connectivity index (χ1n) is 4.00. The fraction of sp³-hybridized carbons (Fsp3) is 0.200. The maximum atomic E-state index is 11.6. The maximum absolute atomic E-state index is 11.6. The van der Waals surface area contributed by atoms with E-state index in [4.69, 9.17) is 0 Å². The normalized spacial score (nSPS) is 10.3.